The van der Waals surface area contributed by atoms with E-state index < -0.39 is 0 Å². The van der Waals surface area contributed by atoms with Gasteiger partial charge in [0.05, 0.1) is 14.2 Å². The lowest BCUT2D eigenvalue weighted by atomic mass is 10.0. The van der Waals surface area contributed by atoms with Gasteiger partial charge in [0.15, 0.2) is 11.5 Å². The number of aromatic amines is 1. The summed E-state index contributed by atoms with van der Waals surface area (Å²) in [6, 6.07) is 16.0. The van der Waals surface area contributed by atoms with Crippen molar-refractivity contribution in [2.75, 3.05) is 45.3 Å². The fourth-order valence-corrected chi connectivity index (χ4v) is 4.95. The lowest BCUT2D eigenvalue weighted by Gasteiger charge is -2.35. The lowest BCUT2D eigenvalue weighted by molar-refractivity contribution is 0.0746. The van der Waals surface area contributed by atoms with Crippen LogP contribution >= 0.6 is 0 Å². The van der Waals surface area contributed by atoms with Gasteiger partial charge in [0.1, 0.15) is 5.82 Å². The summed E-state index contributed by atoms with van der Waals surface area (Å²) in [6.45, 7) is 7.08. The number of amides is 1. The number of aromatic nitrogens is 2. The van der Waals surface area contributed by atoms with Gasteiger partial charge in [-0.15, -0.1) is 0 Å². The minimum atomic E-state index is 0.0735. The van der Waals surface area contributed by atoms with Crippen LogP contribution in [0, 0.1) is 6.92 Å². The van der Waals surface area contributed by atoms with Gasteiger partial charge >= 0.3 is 0 Å². The van der Waals surface area contributed by atoms with Crippen molar-refractivity contribution in [3.05, 3.63) is 71.4 Å². The number of fused-ring (bicyclic) bond motifs is 1. The van der Waals surface area contributed by atoms with E-state index in [1.54, 1.807) is 14.2 Å². The Balaban J connectivity index is 1.39. The van der Waals surface area contributed by atoms with Crippen LogP contribution in [0.4, 0.5) is 5.82 Å². The molecule has 1 amide bonds. The fourth-order valence-electron chi connectivity index (χ4n) is 4.95. The molecule has 7 nitrogen and oxygen atoms in total. The third kappa shape index (κ3) is 4.37. The summed E-state index contributed by atoms with van der Waals surface area (Å²) in [5.41, 5.74) is 6.13. The van der Waals surface area contributed by atoms with Crippen molar-refractivity contribution >= 4 is 22.6 Å². The van der Waals surface area contributed by atoms with E-state index in [1.807, 2.05) is 54.4 Å². The Morgan fingerprint density at radius 2 is 1.75 bits per heavy atom. The monoisotopic (exact) mass is 484 g/mol. The van der Waals surface area contributed by atoms with E-state index in [1.165, 1.54) is 5.56 Å². The second-order valence-electron chi connectivity index (χ2n) is 9.14. The van der Waals surface area contributed by atoms with Gasteiger partial charge in [-0.25, -0.2) is 4.98 Å². The van der Waals surface area contributed by atoms with E-state index in [2.05, 4.69) is 33.9 Å². The number of piperazine rings is 1. The number of rotatable bonds is 6. The zero-order valence-corrected chi connectivity index (χ0v) is 21.3. The number of nitrogens with zero attached hydrogens (tertiary/aromatic N) is 3. The molecular formula is C29H32N4O3. The second kappa shape index (κ2) is 9.93. The molecule has 0 radical (unpaired) electrons. The molecule has 4 aromatic rings. The first-order valence-electron chi connectivity index (χ1n) is 12.4. The number of H-pyrrole nitrogens is 1. The average Bonchev–Trinajstić information content (AvgIpc) is 3.30. The zero-order chi connectivity index (χ0) is 25.2. The van der Waals surface area contributed by atoms with Gasteiger partial charge in [0.25, 0.3) is 5.91 Å². The van der Waals surface area contributed by atoms with Crippen LogP contribution in [0.5, 0.6) is 11.5 Å². The number of anilines is 1. The first kappa shape index (κ1) is 23.7. The van der Waals surface area contributed by atoms with Crippen molar-refractivity contribution in [3.8, 4) is 22.8 Å². The van der Waals surface area contributed by atoms with E-state index in [4.69, 9.17) is 9.47 Å². The molecule has 0 saturated carbocycles. The highest BCUT2D eigenvalue weighted by atomic mass is 16.5. The van der Waals surface area contributed by atoms with Gasteiger partial charge in [-0.05, 0) is 66.9 Å². The standard InChI is InChI=1S/C29H32N4O3/c1-5-22-23-16-21(29(34)33-14-12-32(13-15-33)27-11-6-19(2)18-30-27)7-9-24(23)31-28(22)20-8-10-25(35-3)26(17-20)36-4/h6-11,16-18,31H,5,12-15H2,1-4H3. The van der Waals surface area contributed by atoms with Gasteiger partial charge in [-0.1, -0.05) is 13.0 Å². The summed E-state index contributed by atoms with van der Waals surface area (Å²) in [6.07, 6.45) is 2.73. The van der Waals surface area contributed by atoms with Crippen LogP contribution in [0.15, 0.2) is 54.7 Å². The van der Waals surface area contributed by atoms with Crippen LogP contribution in [0.25, 0.3) is 22.2 Å². The molecule has 0 unspecified atom stereocenters. The number of ether oxygens (including phenoxy) is 2. The molecule has 1 saturated heterocycles. The van der Waals surface area contributed by atoms with E-state index in [0.717, 1.165) is 58.6 Å². The summed E-state index contributed by atoms with van der Waals surface area (Å²) in [4.78, 5) is 25.7. The quantitative estimate of drug-likeness (QED) is 0.413. The van der Waals surface area contributed by atoms with Gasteiger partial charge in [-0.3, -0.25) is 4.79 Å². The number of benzene rings is 2. The van der Waals surface area contributed by atoms with Crippen LogP contribution in [0.3, 0.4) is 0 Å². The fraction of sp³-hybridized carbons (Fsp3) is 0.310. The lowest BCUT2D eigenvalue weighted by Crippen LogP contribution is -2.49. The number of aryl methyl sites for hydroxylation is 2. The number of nitrogens with one attached hydrogen (secondary N) is 1. The van der Waals surface area contributed by atoms with E-state index in [0.29, 0.717) is 24.6 Å². The second-order valence-corrected chi connectivity index (χ2v) is 9.14. The number of carbonyl (C=O) groups is 1. The van der Waals surface area contributed by atoms with Crippen molar-refractivity contribution in [3.63, 3.8) is 0 Å². The van der Waals surface area contributed by atoms with E-state index in [9.17, 15) is 4.79 Å². The molecule has 1 fully saturated rings. The summed E-state index contributed by atoms with van der Waals surface area (Å²) in [7, 11) is 3.28. The molecule has 0 aliphatic carbocycles. The smallest absolute Gasteiger partial charge is 0.253 e. The molecule has 0 bridgehead atoms. The van der Waals surface area contributed by atoms with Crippen LogP contribution in [-0.2, 0) is 6.42 Å². The molecule has 5 rings (SSSR count). The summed E-state index contributed by atoms with van der Waals surface area (Å²) >= 11 is 0. The van der Waals surface area contributed by atoms with Gasteiger partial charge < -0.3 is 24.3 Å². The van der Waals surface area contributed by atoms with Crippen molar-refractivity contribution in [1.29, 1.82) is 0 Å². The Morgan fingerprint density at radius 1 is 0.972 bits per heavy atom. The Hall–Kier alpha value is -4.00. The normalized spacial score (nSPS) is 13.8. The molecule has 2 aromatic heterocycles. The predicted molar refractivity (Wildman–Crippen MR) is 143 cm³/mol. The number of carbonyl (C=O) groups excluding carboxylic acids is 1. The molecule has 3 heterocycles. The Labute approximate surface area is 211 Å². The van der Waals surface area contributed by atoms with Crippen molar-refractivity contribution in [2.24, 2.45) is 0 Å². The predicted octanol–water partition coefficient (Wildman–Crippen LogP) is 5.08. The molecular weight excluding hydrogens is 452 g/mol. The number of methoxy groups -OCH3 is 2. The molecule has 1 aliphatic rings. The number of pyridine rings is 1. The third-order valence-electron chi connectivity index (χ3n) is 6.97. The Kier molecular flexibility index (Phi) is 6.55. The first-order valence-corrected chi connectivity index (χ1v) is 12.4. The number of hydrogen-bond donors (Lipinski definition) is 1. The molecule has 0 atom stereocenters. The van der Waals surface area contributed by atoms with Gasteiger partial charge in [-0.2, -0.15) is 0 Å². The minimum absolute atomic E-state index is 0.0735. The highest BCUT2D eigenvalue weighted by Gasteiger charge is 2.24. The highest BCUT2D eigenvalue weighted by molar-refractivity contribution is 6.00. The summed E-state index contributed by atoms with van der Waals surface area (Å²) in [5, 5.41) is 1.08. The summed E-state index contributed by atoms with van der Waals surface area (Å²) < 4.78 is 10.9. The average molecular weight is 485 g/mol. The molecule has 2 aromatic carbocycles. The van der Waals surface area contributed by atoms with E-state index >= 15 is 0 Å². The largest absolute Gasteiger partial charge is 0.493 e. The maximum Gasteiger partial charge on any atom is 0.253 e. The summed E-state index contributed by atoms with van der Waals surface area (Å²) in [5.74, 6) is 2.43. The van der Waals surface area contributed by atoms with Gasteiger partial charge in [0, 0.05) is 60.1 Å². The topological polar surface area (TPSA) is 70.7 Å². The van der Waals surface area contributed by atoms with Crippen LogP contribution in [0.1, 0.15) is 28.4 Å². The molecule has 0 spiro atoms. The zero-order valence-electron chi connectivity index (χ0n) is 21.3. The highest BCUT2D eigenvalue weighted by Crippen LogP contribution is 2.36. The number of hydrogen-bond acceptors (Lipinski definition) is 5. The van der Waals surface area contributed by atoms with Crippen molar-refractivity contribution in [1.82, 2.24) is 14.9 Å². The van der Waals surface area contributed by atoms with E-state index in [-0.39, 0.29) is 5.91 Å². The van der Waals surface area contributed by atoms with Gasteiger partial charge in [0.2, 0.25) is 0 Å². The SMILES string of the molecule is CCc1c(-c2ccc(OC)c(OC)c2)[nH]c2ccc(C(=O)N3CCN(c4ccc(C)cn4)CC3)cc12. The molecule has 186 valence electrons. The molecule has 7 heteroatoms. The van der Waals surface area contributed by atoms with Crippen LogP contribution < -0.4 is 14.4 Å². The van der Waals surface area contributed by atoms with Crippen molar-refractivity contribution in [2.45, 2.75) is 20.3 Å². The van der Waals surface area contributed by atoms with Crippen molar-refractivity contribution < 1.29 is 14.3 Å². The van der Waals surface area contributed by atoms with Crippen LogP contribution in [0.2, 0.25) is 0 Å². The maximum atomic E-state index is 13.4. The minimum Gasteiger partial charge on any atom is -0.493 e. The maximum absolute atomic E-state index is 13.4. The first-order chi connectivity index (χ1) is 17.5. The van der Waals surface area contributed by atoms with Crippen LogP contribution in [-0.4, -0.2) is 61.2 Å². The molecule has 1 N–H and O–H groups in total. The molecule has 36 heavy (non-hydrogen) atoms. The Morgan fingerprint density at radius 3 is 2.42 bits per heavy atom. The third-order valence-corrected chi connectivity index (χ3v) is 6.97. The molecule has 1 aliphatic heterocycles. The Bertz CT molecular complexity index is 1390.